The van der Waals surface area contributed by atoms with Gasteiger partial charge in [-0.3, -0.25) is 4.98 Å². The zero-order chi connectivity index (χ0) is 14.3. The van der Waals surface area contributed by atoms with Crippen molar-refractivity contribution in [2.75, 3.05) is 6.26 Å². The van der Waals surface area contributed by atoms with E-state index in [1.54, 1.807) is 18.3 Å². The fraction of sp³-hybridized carbons (Fsp3) is 0.143. The molecule has 3 aromatic rings. The summed E-state index contributed by atoms with van der Waals surface area (Å²) < 4.78 is 23.6. The number of H-pyrrole nitrogens is 1. The minimum absolute atomic E-state index is 0.235. The van der Waals surface area contributed by atoms with Gasteiger partial charge < -0.3 is 4.98 Å². The number of sulfone groups is 1. The van der Waals surface area contributed by atoms with Crippen molar-refractivity contribution in [3.63, 3.8) is 0 Å². The van der Waals surface area contributed by atoms with Crippen LogP contribution in [0.25, 0.3) is 22.4 Å². The van der Waals surface area contributed by atoms with Gasteiger partial charge in [-0.2, -0.15) is 0 Å². The van der Waals surface area contributed by atoms with Crippen LogP contribution in [0.1, 0.15) is 5.69 Å². The first-order valence-electron chi connectivity index (χ1n) is 6.07. The zero-order valence-electron chi connectivity index (χ0n) is 11.1. The van der Waals surface area contributed by atoms with Gasteiger partial charge in [-0.05, 0) is 31.2 Å². The second-order valence-electron chi connectivity index (χ2n) is 4.65. The lowest BCUT2D eigenvalue weighted by atomic mass is 10.2. The van der Waals surface area contributed by atoms with Gasteiger partial charge in [0, 0.05) is 23.7 Å². The van der Waals surface area contributed by atoms with E-state index >= 15 is 0 Å². The fourth-order valence-corrected chi connectivity index (χ4v) is 3.00. The molecule has 1 aromatic carbocycles. The molecular formula is C14H13N3O2S. The summed E-state index contributed by atoms with van der Waals surface area (Å²) in [6, 6.07) is 8.81. The van der Waals surface area contributed by atoms with Gasteiger partial charge in [-0.1, -0.05) is 6.07 Å². The van der Waals surface area contributed by atoms with Crippen LogP contribution in [0.15, 0.2) is 41.4 Å². The summed E-state index contributed by atoms with van der Waals surface area (Å²) in [4.78, 5) is 12.0. The van der Waals surface area contributed by atoms with Gasteiger partial charge in [-0.25, -0.2) is 13.4 Å². The third kappa shape index (κ3) is 2.08. The number of nitrogens with one attached hydrogen (secondary N) is 1. The smallest absolute Gasteiger partial charge is 0.177 e. The second-order valence-corrected chi connectivity index (χ2v) is 6.63. The molecule has 0 saturated carbocycles. The molecular weight excluding hydrogens is 274 g/mol. The van der Waals surface area contributed by atoms with E-state index in [1.807, 2.05) is 25.1 Å². The van der Waals surface area contributed by atoms with Crippen LogP contribution in [-0.4, -0.2) is 29.6 Å². The average Bonchev–Trinajstić information content (AvgIpc) is 2.81. The maximum atomic E-state index is 11.8. The van der Waals surface area contributed by atoms with Gasteiger partial charge in [0.25, 0.3) is 0 Å². The van der Waals surface area contributed by atoms with Crippen molar-refractivity contribution in [3.8, 4) is 11.4 Å². The van der Waals surface area contributed by atoms with E-state index in [0.717, 1.165) is 11.3 Å². The molecule has 3 rings (SSSR count). The van der Waals surface area contributed by atoms with E-state index in [4.69, 9.17) is 0 Å². The van der Waals surface area contributed by atoms with Gasteiger partial charge in [0.05, 0.1) is 10.4 Å². The van der Waals surface area contributed by atoms with Crippen molar-refractivity contribution in [2.24, 2.45) is 0 Å². The molecule has 0 bridgehead atoms. The number of imidazole rings is 1. The first-order chi connectivity index (χ1) is 9.47. The van der Waals surface area contributed by atoms with Crippen LogP contribution in [0.3, 0.4) is 0 Å². The summed E-state index contributed by atoms with van der Waals surface area (Å²) in [5.41, 5.74) is 2.87. The molecule has 0 aliphatic heterocycles. The molecule has 0 aliphatic rings. The Bertz CT molecular complexity index is 898. The highest BCUT2D eigenvalue weighted by molar-refractivity contribution is 7.91. The predicted octanol–water partition coefficient (Wildman–Crippen LogP) is 2.34. The van der Waals surface area contributed by atoms with Crippen molar-refractivity contribution in [1.82, 2.24) is 15.0 Å². The maximum absolute atomic E-state index is 11.8. The lowest BCUT2D eigenvalue weighted by Crippen LogP contribution is -1.97. The minimum Gasteiger partial charge on any atom is -0.338 e. The summed E-state index contributed by atoms with van der Waals surface area (Å²) in [5.74, 6) is 0.627. The highest BCUT2D eigenvalue weighted by Gasteiger charge is 2.16. The van der Waals surface area contributed by atoms with Crippen LogP contribution in [0, 0.1) is 6.92 Å². The average molecular weight is 287 g/mol. The lowest BCUT2D eigenvalue weighted by molar-refractivity contribution is 0.602. The molecule has 0 unspecified atom stereocenters. The molecule has 0 amide bonds. The summed E-state index contributed by atoms with van der Waals surface area (Å²) in [6.45, 7) is 1.89. The van der Waals surface area contributed by atoms with Gasteiger partial charge in [0.2, 0.25) is 0 Å². The molecule has 0 spiro atoms. The van der Waals surface area contributed by atoms with E-state index in [9.17, 15) is 8.42 Å². The number of para-hydroxylation sites is 1. The quantitative estimate of drug-likeness (QED) is 0.785. The minimum atomic E-state index is -3.31. The summed E-state index contributed by atoms with van der Waals surface area (Å²) >= 11 is 0. The number of fused-ring (bicyclic) bond motifs is 1. The molecule has 1 N–H and O–H groups in total. The predicted molar refractivity (Wildman–Crippen MR) is 77.2 cm³/mol. The van der Waals surface area contributed by atoms with Crippen LogP contribution < -0.4 is 0 Å². The van der Waals surface area contributed by atoms with Crippen LogP contribution >= 0.6 is 0 Å². The van der Waals surface area contributed by atoms with Crippen molar-refractivity contribution >= 4 is 20.9 Å². The number of hydrogen-bond acceptors (Lipinski definition) is 4. The van der Waals surface area contributed by atoms with Crippen molar-refractivity contribution < 1.29 is 8.42 Å². The molecule has 20 heavy (non-hydrogen) atoms. The number of pyridine rings is 1. The van der Waals surface area contributed by atoms with E-state index < -0.39 is 9.84 Å². The molecule has 0 atom stereocenters. The zero-order valence-corrected chi connectivity index (χ0v) is 11.9. The van der Waals surface area contributed by atoms with Gasteiger partial charge in [0.1, 0.15) is 11.3 Å². The van der Waals surface area contributed by atoms with Crippen molar-refractivity contribution in [3.05, 3.63) is 42.2 Å². The third-order valence-electron chi connectivity index (χ3n) is 3.14. The van der Waals surface area contributed by atoms with Gasteiger partial charge >= 0.3 is 0 Å². The van der Waals surface area contributed by atoms with E-state index in [-0.39, 0.29) is 4.90 Å². The van der Waals surface area contributed by atoms with Crippen molar-refractivity contribution in [1.29, 1.82) is 0 Å². The Balaban J connectivity index is 2.30. The van der Waals surface area contributed by atoms with Gasteiger partial charge in [0.15, 0.2) is 9.84 Å². The first kappa shape index (κ1) is 12.8. The first-order valence-corrected chi connectivity index (χ1v) is 7.97. The van der Waals surface area contributed by atoms with E-state index in [0.29, 0.717) is 16.9 Å². The number of aromatic nitrogens is 3. The number of aryl methyl sites for hydroxylation is 1. The normalized spacial score (nSPS) is 11.9. The Hall–Kier alpha value is -2.21. The van der Waals surface area contributed by atoms with Gasteiger partial charge in [-0.15, -0.1) is 0 Å². The van der Waals surface area contributed by atoms with Crippen LogP contribution in [0.5, 0.6) is 0 Å². The number of benzene rings is 1. The summed E-state index contributed by atoms with van der Waals surface area (Å²) in [6.07, 6.45) is 2.90. The Morgan fingerprint density at radius 2 is 1.95 bits per heavy atom. The Labute approximate surface area is 116 Å². The van der Waals surface area contributed by atoms with E-state index in [2.05, 4.69) is 15.0 Å². The summed E-state index contributed by atoms with van der Waals surface area (Å²) in [7, 11) is -3.31. The SMILES string of the molecule is Cc1ncccc1-c1nc2c(S(C)(=O)=O)cccc2[nH]1. The van der Waals surface area contributed by atoms with Crippen LogP contribution in [0.2, 0.25) is 0 Å². The second kappa shape index (κ2) is 4.42. The van der Waals surface area contributed by atoms with Crippen LogP contribution in [0.4, 0.5) is 0 Å². The van der Waals surface area contributed by atoms with Crippen LogP contribution in [-0.2, 0) is 9.84 Å². The molecule has 6 heteroatoms. The number of nitrogens with zero attached hydrogens (tertiary/aromatic N) is 2. The standard InChI is InChI=1S/C14H13N3O2S/c1-9-10(5-4-8-15-9)14-16-11-6-3-7-12(13(11)17-14)20(2,18)19/h3-8H,1-2H3,(H,16,17). The monoisotopic (exact) mass is 287 g/mol. The Morgan fingerprint density at radius 3 is 2.65 bits per heavy atom. The maximum Gasteiger partial charge on any atom is 0.177 e. The molecule has 102 valence electrons. The number of aromatic amines is 1. The topological polar surface area (TPSA) is 75.7 Å². The van der Waals surface area contributed by atoms with E-state index in [1.165, 1.54) is 6.26 Å². The molecule has 2 heterocycles. The lowest BCUT2D eigenvalue weighted by Gasteiger charge is -1.99. The molecule has 0 fully saturated rings. The molecule has 0 saturated heterocycles. The molecule has 2 aromatic heterocycles. The molecule has 5 nitrogen and oxygen atoms in total. The number of rotatable bonds is 2. The van der Waals surface area contributed by atoms with Crippen molar-refractivity contribution in [2.45, 2.75) is 11.8 Å². The largest absolute Gasteiger partial charge is 0.338 e. The number of hydrogen-bond donors (Lipinski definition) is 1. The highest BCUT2D eigenvalue weighted by Crippen LogP contribution is 2.26. The fourth-order valence-electron chi connectivity index (χ4n) is 2.17. The molecule has 0 aliphatic carbocycles. The Morgan fingerprint density at radius 1 is 1.15 bits per heavy atom. The highest BCUT2D eigenvalue weighted by atomic mass is 32.2. The molecule has 0 radical (unpaired) electrons. The third-order valence-corrected chi connectivity index (χ3v) is 4.27. The Kier molecular flexibility index (Phi) is 2.83. The summed E-state index contributed by atoms with van der Waals surface area (Å²) in [5, 5.41) is 0.